The summed E-state index contributed by atoms with van der Waals surface area (Å²) in [5.41, 5.74) is 6.34. The molecule has 0 aliphatic rings. The maximum absolute atomic E-state index is 13.4. The molecule has 322 valence electrons. The summed E-state index contributed by atoms with van der Waals surface area (Å²) in [6.07, 6.45) is 1.18. The van der Waals surface area contributed by atoms with E-state index in [1.165, 1.54) is 0 Å². The number of primary amides is 1. The molecule has 0 saturated heterocycles. The van der Waals surface area contributed by atoms with Gasteiger partial charge in [0, 0.05) is 50.4 Å². The molecule has 0 unspecified atom stereocenters. The van der Waals surface area contributed by atoms with E-state index < -0.39 is 35.8 Å². The molecular weight excluding hydrogens is 744 g/mol. The maximum atomic E-state index is 13.4. The third-order valence-electron chi connectivity index (χ3n) is 8.18. The van der Waals surface area contributed by atoms with Gasteiger partial charge in [-0.25, -0.2) is 4.79 Å². The van der Waals surface area contributed by atoms with Gasteiger partial charge in [0.05, 0.1) is 52.9 Å². The monoisotopic (exact) mass is 808 g/mol. The highest BCUT2D eigenvalue weighted by Gasteiger charge is 2.29. The SMILES string of the molecule is CCC(=O)OCc1ccc(NC(=O)[C@H](CCCNC(N)=O)NC(=O)[C@@H](NC(=O)CCOCCOCCOCCOCCNC(=O)CCC(=O)C(C)C)C(C)C)cc1. The predicted molar refractivity (Wildman–Crippen MR) is 211 cm³/mol. The number of carbonyl (C=O) groups excluding carboxylic acids is 7. The number of anilines is 1. The molecule has 0 aliphatic carbocycles. The minimum atomic E-state index is -0.997. The zero-order valence-electron chi connectivity index (χ0n) is 34.1. The first-order valence-corrected chi connectivity index (χ1v) is 19.5. The first-order valence-electron chi connectivity index (χ1n) is 19.5. The Bertz CT molecular complexity index is 1380. The van der Waals surface area contributed by atoms with Gasteiger partial charge in [-0.1, -0.05) is 46.8 Å². The third-order valence-corrected chi connectivity index (χ3v) is 8.18. The van der Waals surface area contributed by atoms with Gasteiger partial charge in [0.25, 0.3) is 0 Å². The van der Waals surface area contributed by atoms with Crippen molar-refractivity contribution in [3.05, 3.63) is 29.8 Å². The molecule has 0 spiro atoms. The smallest absolute Gasteiger partial charge is 0.312 e. The first kappa shape index (κ1) is 50.4. The van der Waals surface area contributed by atoms with Crippen molar-refractivity contribution in [2.24, 2.45) is 17.6 Å². The minimum Gasteiger partial charge on any atom is -0.461 e. The summed E-state index contributed by atoms with van der Waals surface area (Å²) in [4.78, 5) is 85.3. The molecule has 0 radical (unpaired) electrons. The number of amides is 6. The first-order chi connectivity index (χ1) is 27.2. The van der Waals surface area contributed by atoms with Crippen LogP contribution in [-0.2, 0) is 59.1 Å². The summed E-state index contributed by atoms with van der Waals surface area (Å²) in [5, 5.41) is 13.4. The van der Waals surface area contributed by atoms with E-state index in [2.05, 4.69) is 26.6 Å². The second kappa shape index (κ2) is 30.5. The van der Waals surface area contributed by atoms with Crippen molar-refractivity contribution in [1.82, 2.24) is 21.3 Å². The average Bonchev–Trinajstić information content (AvgIpc) is 3.17. The van der Waals surface area contributed by atoms with Gasteiger partial charge < -0.3 is 56.0 Å². The van der Waals surface area contributed by atoms with E-state index in [1.54, 1.807) is 45.0 Å². The lowest BCUT2D eigenvalue weighted by molar-refractivity contribution is -0.144. The fraction of sp³-hybridized carbons (Fsp3) is 0.667. The molecule has 18 nitrogen and oxygen atoms in total. The quantitative estimate of drug-likeness (QED) is 0.0450. The van der Waals surface area contributed by atoms with Crippen LogP contribution in [0.1, 0.15) is 78.7 Å². The van der Waals surface area contributed by atoms with E-state index >= 15 is 0 Å². The number of rotatable bonds is 32. The van der Waals surface area contributed by atoms with Crippen LogP contribution >= 0.6 is 0 Å². The zero-order chi connectivity index (χ0) is 42.4. The standard InChI is InChI=1S/C39H64N6O12/c1-6-35(49)57-26-29-9-11-30(12-10-29)43-37(50)31(8-7-16-42-39(40)52)44-38(51)36(28(4)5)45-34(48)15-18-53-20-22-55-24-25-56-23-21-54-19-17-41-33(47)14-13-32(46)27(2)3/h9-12,27-28,31,36H,6-8,13-26H2,1-5H3,(H,41,47)(H,43,50)(H,44,51)(H,45,48)(H3,40,42,52)/t31-,36-/m0/s1. The van der Waals surface area contributed by atoms with Crippen molar-refractivity contribution >= 4 is 47.1 Å². The molecule has 1 aromatic carbocycles. The summed E-state index contributed by atoms with van der Waals surface area (Å²) < 4.78 is 27.0. The van der Waals surface area contributed by atoms with Gasteiger partial charge in [-0.05, 0) is 36.5 Å². The summed E-state index contributed by atoms with van der Waals surface area (Å²) in [6, 6.07) is 4.07. The lowest BCUT2D eigenvalue weighted by Crippen LogP contribution is -2.54. The Morgan fingerprint density at radius 2 is 1.26 bits per heavy atom. The Morgan fingerprint density at radius 3 is 1.82 bits per heavy atom. The molecule has 18 heteroatoms. The molecule has 7 N–H and O–H groups in total. The van der Waals surface area contributed by atoms with E-state index in [1.807, 2.05) is 13.8 Å². The highest BCUT2D eigenvalue weighted by Crippen LogP contribution is 2.13. The number of ether oxygens (including phenoxy) is 5. The van der Waals surface area contributed by atoms with Gasteiger partial charge in [-0.3, -0.25) is 28.8 Å². The minimum absolute atomic E-state index is 0.00254. The number of Topliss-reactive ketones (excluding diaryl/α,β-unsaturated/α-hetero) is 1. The molecule has 1 rings (SSSR count). The van der Waals surface area contributed by atoms with Gasteiger partial charge in [0.1, 0.15) is 24.5 Å². The molecule has 0 heterocycles. The molecule has 0 aromatic heterocycles. The largest absolute Gasteiger partial charge is 0.461 e. The van der Waals surface area contributed by atoms with Crippen molar-refractivity contribution in [1.29, 1.82) is 0 Å². The van der Waals surface area contributed by atoms with Crippen molar-refractivity contribution < 1.29 is 57.2 Å². The Morgan fingerprint density at radius 1 is 0.667 bits per heavy atom. The second-order valence-corrected chi connectivity index (χ2v) is 13.7. The highest BCUT2D eigenvalue weighted by atomic mass is 16.6. The van der Waals surface area contributed by atoms with Gasteiger partial charge in [-0.2, -0.15) is 0 Å². The van der Waals surface area contributed by atoms with Gasteiger partial charge >= 0.3 is 12.0 Å². The molecule has 0 aliphatic heterocycles. The molecular formula is C39H64N6O12. The normalized spacial score (nSPS) is 12.1. The molecule has 57 heavy (non-hydrogen) atoms. The van der Waals surface area contributed by atoms with Crippen LogP contribution in [0.2, 0.25) is 0 Å². The fourth-order valence-corrected chi connectivity index (χ4v) is 4.81. The van der Waals surface area contributed by atoms with Gasteiger partial charge in [0.15, 0.2) is 0 Å². The average molecular weight is 809 g/mol. The molecule has 0 fully saturated rings. The van der Waals surface area contributed by atoms with Crippen LogP contribution in [0.15, 0.2) is 24.3 Å². The Kier molecular flexibility index (Phi) is 26.9. The Balaban J connectivity index is 2.37. The lowest BCUT2D eigenvalue weighted by Gasteiger charge is -2.25. The van der Waals surface area contributed by atoms with Crippen LogP contribution in [0.25, 0.3) is 0 Å². The molecule has 1 aromatic rings. The fourth-order valence-electron chi connectivity index (χ4n) is 4.81. The van der Waals surface area contributed by atoms with Crippen LogP contribution in [0.3, 0.4) is 0 Å². The molecule has 0 bridgehead atoms. The third kappa shape index (κ3) is 25.3. The molecule has 6 amide bonds. The number of nitrogens with two attached hydrogens (primary N) is 1. The summed E-state index contributed by atoms with van der Waals surface area (Å²) in [7, 11) is 0. The number of benzene rings is 1. The number of nitrogens with one attached hydrogen (secondary N) is 5. The predicted octanol–water partition coefficient (Wildman–Crippen LogP) is 1.73. The maximum Gasteiger partial charge on any atom is 0.312 e. The highest BCUT2D eigenvalue weighted by molar-refractivity contribution is 5.98. The van der Waals surface area contributed by atoms with E-state index in [4.69, 9.17) is 29.4 Å². The Hall–Kier alpha value is -4.65. The number of ketones is 1. The van der Waals surface area contributed by atoms with E-state index in [-0.39, 0.29) is 94.6 Å². The van der Waals surface area contributed by atoms with Crippen molar-refractivity contribution in [2.45, 2.75) is 91.8 Å². The van der Waals surface area contributed by atoms with Crippen LogP contribution in [0.4, 0.5) is 10.5 Å². The van der Waals surface area contributed by atoms with Gasteiger partial charge in [-0.15, -0.1) is 0 Å². The lowest BCUT2D eigenvalue weighted by atomic mass is 10.0. The molecule has 0 saturated carbocycles. The summed E-state index contributed by atoms with van der Waals surface area (Å²) >= 11 is 0. The number of carbonyl (C=O) groups is 7. The number of hydrogen-bond donors (Lipinski definition) is 6. The van der Waals surface area contributed by atoms with Crippen molar-refractivity contribution in [3.63, 3.8) is 0 Å². The number of urea groups is 1. The van der Waals surface area contributed by atoms with Crippen LogP contribution in [0, 0.1) is 11.8 Å². The van der Waals surface area contributed by atoms with Crippen LogP contribution in [-0.4, -0.2) is 119 Å². The van der Waals surface area contributed by atoms with Crippen molar-refractivity contribution in [2.75, 3.05) is 71.3 Å². The zero-order valence-corrected chi connectivity index (χ0v) is 34.1. The number of esters is 1. The topological polar surface area (TPSA) is 252 Å². The van der Waals surface area contributed by atoms with Crippen LogP contribution < -0.4 is 32.3 Å². The summed E-state index contributed by atoms with van der Waals surface area (Å²) in [5.74, 6) is -2.27. The van der Waals surface area contributed by atoms with Crippen LogP contribution in [0.5, 0.6) is 0 Å². The van der Waals surface area contributed by atoms with E-state index in [0.717, 1.165) is 5.56 Å². The summed E-state index contributed by atoms with van der Waals surface area (Å²) in [6.45, 7) is 11.9. The van der Waals surface area contributed by atoms with Gasteiger partial charge in [0.2, 0.25) is 23.6 Å². The van der Waals surface area contributed by atoms with E-state index in [0.29, 0.717) is 51.7 Å². The van der Waals surface area contributed by atoms with E-state index in [9.17, 15) is 33.6 Å². The van der Waals surface area contributed by atoms with Crippen molar-refractivity contribution in [3.8, 4) is 0 Å². The number of hydrogen-bond acceptors (Lipinski definition) is 12. The second-order valence-electron chi connectivity index (χ2n) is 13.7. The Labute approximate surface area is 335 Å². The molecule has 2 atom stereocenters.